The zero-order valence-corrected chi connectivity index (χ0v) is 11.5. The van der Waals surface area contributed by atoms with Gasteiger partial charge in [-0.25, -0.2) is 4.79 Å². The zero-order valence-electron chi connectivity index (χ0n) is 11.5. The maximum Gasteiger partial charge on any atom is 0.335 e. The predicted octanol–water partition coefficient (Wildman–Crippen LogP) is 3.70. The molecule has 0 heterocycles. The minimum Gasteiger partial charge on any atom is -0.493 e. The summed E-state index contributed by atoms with van der Waals surface area (Å²) >= 11 is 0. The first-order chi connectivity index (χ1) is 9.66. The van der Waals surface area contributed by atoms with E-state index in [-0.39, 0.29) is 0 Å². The van der Waals surface area contributed by atoms with Crippen molar-refractivity contribution in [2.45, 2.75) is 19.8 Å². The molecule has 0 saturated carbocycles. The standard InChI is InChI=1S/C17H18O3/c1-13-5-2-3-7-16(13)20-12-4-6-14-8-10-15(11-9-14)17(18)19/h2-3,5,7-11H,4,6,12H2,1H3,(H,18,19). The number of aryl methyl sites for hydroxylation is 2. The van der Waals surface area contributed by atoms with Crippen LogP contribution in [0.4, 0.5) is 0 Å². The molecule has 3 nitrogen and oxygen atoms in total. The number of carboxylic acid groups (broad SMARTS) is 1. The van der Waals surface area contributed by atoms with E-state index in [0.29, 0.717) is 12.2 Å². The van der Waals surface area contributed by atoms with Crippen molar-refractivity contribution in [1.82, 2.24) is 0 Å². The van der Waals surface area contributed by atoms with Crippen molar-refractivity contribution in [1.29, 1.82) is 0 Å². The molecule has 0 unspecified atom stereocenters. The predicted molar refractivity (Wildman–Crippen MR) is 78.4 cm³/mol. The highest BCUT2D eigenvalue weighted by molar-refractivity contribution is 5.87. The Labute approximate surface area is 118 Å². The Morgan fingerprint density at radius 1 is 1.10 bits per heavy atom. The Kier molecular flexibility index (Phi) is 4.77. The second-order valence-electron chi connectivity index (χ2n) is 4.72. The van der Waals surface area contributed by atoms with Gasteiger partial charge in [-0.15, -0.1) is 0 Å². The lowest BCUT2D eigenvalue weighted by atomic mass is 10.1. The Bertz CT molecular complexity index is 573. The van der Waals surface area contributed by atoms with Crippen LogP contribution in [0.25, 0.3) is 0 Å². The lowest BCUT2D eigenvalue weighted by Gasteiger charge is -2.08. The van der Waals surface area contributed by atoms with E-state index < -0.39 is 5.97 Å². The first-order valence-electron chi connectivity index (χ1n) is 6.67. The van der Waals surface area contributed by atoms with E-state index in [4.69, 9.17) is 9.84 Å². The van der Waals surface area contributed by atoms with Gasteiger partial charge in [0, 0.05) is 0 Å². The maximum absolute atomic E-state index is 10.7. The number of rotatable bonds is 6. The molecular formula is C17H18O3. The number of para-hydroxylation sites is 1. The summed E-state index contributed by atoms with van der Waals surface area (Å²) < 4.78 is 5.73. The minimum absolute atomic E-state index is 0.324. The summed E-state index contributed by atoms with van der Waals surface area (Å²) in [6, 6.07) is 14.9. The van der Waals surface area contributed by atoms with Gasteiger partial charge in [0.2, 0.25) is 0 Å². The summed E-state index contributed by atoms with van der Waals surface area (Å²) in [5.74, 6) is 0.0353. The monoisotopic (exact) mass is 270 g/mol. The average molecular weight is 270 g/mol. The van der Waals surface area contributed by atoms with Crippen LogP contribution in [-0.4, -0.2) is 17.7 Å². The molecule has 104 valence electrons. The molecule has 0 atom stereocenters. The Hall–Kier alpha value is -2.29. The number of hydrogen-bond donors (Lipinski definition) is 1. The van der Waals surface area contributed by atoms with Crippen LogP contribution < -0.4 is 4.74 Å². The highest BCUT2D eigenvalue weighted by atomic mass is 16.5. The third-order valence-corrected chi connectivity index (χ3v) is 3.16. The van der Waals surface area contributed by atoms with Gasteiger partial charge in [0.25, 0.3) is 0 Å². The van der Waals surface area contributed by atoms with Crippen molar-refractivity contribution in [3.8, 4) is 5.75 Å². The van der Waals surface area contributed by atoms with E-state index in [1.54, 1.807) is 12.1 Å². The van der Waals surface area contributed by atoms with E-state index in [9.17, 15) is 4.79 Å². The van der Waals surface area contributed by atoms with Crippen LogP contribution in [-0.2, 0) is 6.42 Å². The van der Waals surface area contributed by atoms with Crippen molar-refractivity contribution >= 4 is 5.97 Å². The van der Waals surface area contributed by atoms with Crippen LogP contribution in [0.3, 0.4) is 0 Å². The molecule has 0 saturated heterocycles. The van der Waals surface area contributed by atoms with Crippen molar-refractivity contribution in [2.24, 2.45) is 0 Å². The molecule has 2 aromatic rings. The number of hydrogen-bond acceptors (Lipinski definition) is 2. The molecular weight excluding hydrogens is 252 g/mol. The molecule has 0 aliphatic rings. The van der Waals surface area contributed by atoms with Crippen molar-refractivity contribution in [3.63, 3.8) is 0 Å². The smallest absolute Gasteiger partial charge is 0.335 e. The van der Waals surface area contributed by atoms with Gasteiger partial charge in [0.15, 0.2) is 0 Å². The highest BCUT2D eigenvalue weighted by Crippen LogP contribution is 2.16. The molecule has 0 aromatic heterocycles. The topological polar surface area (TPSA) is 46.5 Å². The third kappa shape index (κ3) is 3.85. The van der Waals surface area contributed by atoms with Crippen LogP contribution in [0.5, 0.6) is 5.75 Å². The van der Waals surface area contributed by atoms with Crippen molar-refractivity contribution in [3.05, 3.63) is 65.2 Å². The van der Waals surface area contributed by atoms with E-state index in [1.807, 2.05) is 43.3 Å². The molecule has 0 amide bonds. The molecule has 0 spiro atoms. The van der Waals surface area contributed by atoms with Crippen LogP contribution in [0.1, 0.15) is 27.9 Å². The summed E-state index contributed by atoms with van der Waals surface area (Å²) in [6.07, 6.45) is 1.78. The maximum atomic E-state index is 10.7. The molecule has 0 radical (unpaired) electrons. The van der Waals surface area contributed by atoms with E-state index in [2.05, 4.69) is 0 Å². The number of benzene rings is 2. The van der Waals surface area contributed by atoms with Crippen molar-refractivity contribution in [2.75, 3.05) is 6.61 Å². The largest absolute Gasteiger partial charge is 0.493 e. The van der Waals surface area contributed by atoms with E-state index in [0.717, 1.165) is 29.7 Å². The van der Waals surface area contributed by atoms with E-state index in [1.165, 1.54) is 0 Å². The lowest BCUT2D eigenvalue weighted by Crippen LogP contribution is -2.01. The lowest BCUT2D eigenvalue weighted by molar-refractivity contribution is 0.0697. The van der Waals surface area contributed by atoms with E-state index >= 15 is 0 Å². The summed E-state index contributed by atoms with van der Waals surface area (Å²) in [4.78, 5) is 10.7. The van der Waals surface area contributed by atoms with Gasteiger partial charge < -0.3 is 9.84 Å². The minimum atomic E-state index is -0.889. The second kappa shape index (κ2) is 6.75. The molecule has 0 aliphatic carbocycles. The van der Waals surface area contributed by atoms with Gasteiger partial charge >= 0.3 is 5.97 Å². The molecule has 2 rings (SSSR count). The fourth-order valence-corrected chi connectivity index (χ4v) is 1.99. The van der Waals surface area contributed by atoms with Gasteiger partial charge in [-0.3, -0.25) is 0 Å². The second-order valence-corrected chi connectivity index (χ2v) is 4.72. The molecule has 2 aromatic carbocycles. The number of aromatic carboxylic acids is 1. The molecule has 0 bridgehead atoms. The SMILES string of the molecule is Cc1ccccc1OCCCc1ccc(C(=O)O)cc1. The molecule has 3 heteroatoms. The van der Waals surface area contributed by atoms with Crippen LogP contribution in [0.2, 0.25) is 0 Å². The van der Waals surface area contributed by atoms with Crippen LogP contribution >= 0.6 is 0 Å². The van der Waals surface area contributed by atoms with Crippen LogP contribution in [0.15, 0.2) is 48.5 Å². The molecule has 0 aliphatic heterocycles. The van der Waals surface area contributed by atoms with Gasteiger partial charge in [0.1, 0.15) is 5.75 Å². The number of carbonyl (C=O) groups is 1. The highest BCUT2D eigenvalue weighted by Gasteiger charge is 2.02. The Balaban J connectivity index is 1.79. The number of ether oxygens (including phenoxy) is 1. The summed E-state index contributed by atoms with van der Waals surface area (Å²) in [5.41, 5.74) is 2.59. The Morgan fingerprint density at radius 3 is 2.45 bits per heavy atom. The first-order valence-corrected chi connectivity index (χ1v) is 6.67. The molecule has 20 heavy (non-hydrogen) atoms. The summed E-state index contributed by atoms with van der Waals surface area (Å²) in [5, 5.41) is 8.82. The first kappa shape index (κ1) is 14.1. The number of carboxylic acids is 1. The average Bonchev–Trinajstić information content (AvgIpc) is 2.46. The third-order valence-electron chi connectivity index (χ3n) is 3.16. The van der Waals surface area contributed by atoms with Gasteiger partial charge in [-0.05, 0) is 49.1 Å². The van der Waals surface area contributed by atoms with Gasteiger partial charge in [-0.2, -0.15) is 0 Å². The van der Waals surface area contributed by atoms with Gasteiger partial charge in [0.05, 0.1) is 12.2 Å². The molecule has 1 N–H and O–H groups in total. The van der Waals surface area contributed by atoms with Gasteiger partial charge in [-0.1, -0.05) is 30.3 Å². The normalized spacial score (nSPS) is 10.2. The van der Waals surface area contributed by atoms with Crippen LogP contribution in [0, 0.1) is 6.92 Å². The quantitative estimate of drug-likeness (QED) is 0.814. The van der Waals surface area contributed by atoms with Crippen molar-refractivity contribution < 1.29 is 14.6 Å². The Morgan fingerprint density at radius 2 is 1.80 bits per heavy atom. The molecule has 0 fully saturated rings. The zero-order chi connectivity index (χ0) is 14.4. The summed E-state index contributed by atoms with van der Waals surface area (Å²) in [7, 11) is 0. The summed E-state index contributed by atoms with van der Waals surface area (Å²) in [6.45, 7) is 2.69. The fraction of sp³-hybridized carbons (Fsp3) is 0.235. The fourth-order valence-electron chi connectivity index (χ4n) is 1.99.